The average Bonchev–Trinajstić information content (AvgIpc) is 3.33. The molecule has 4 rings (SSSR count). The molecule has 182 valence electrons. The van der Waals surface area contributed by atoms with E-state index in [1.165, 1.54) is 5.56 Å². The van der Waals surface area contributed by atoms with Crippen molar-refractivity contribution in [3.05, 3.63) is 76.8 Å². The number of aromatic nitrogens is 2. The summed E-state index contributed by atoms with van der Waals surface area (Å²) < 4.78 is 14.0. The maximum Gasteiger partial charge on any atom is 0.120 e. The van der Waals surface area contributed by atoms with E-state index in [9.17, 15) is 5.11 Å². The molecule has 0 radical (unpaired) electrons. The number of benzene rings is 2. The normalized spacial score (nSPS) is 18.7. The summed E-state index contributed by atoms with van der Waals surface area (Å²) in [5.74, 6) is 1.63. The predicted octanol–water partition coefficient (Wildman–Crippen LogP) is 5.03. The van der Waals surface area contributed by atoms with Gasteiger partial charge in [-0.05, 0) is 80.6 Å². The number of hydrogen-bond donors (Lipinski definition) is 1. The highest BCUT2D eigenvalue weighted by Crippen LogP contribution is 2.28. The molecule has 2 heterocycles. The van der Waals surface area contributed by atoms with Crippen molar-refractivity contribution >= 4 is 11.6 Å². The molecule has 2 aromatic carbocycles. The van der Waals surface area contributed by atoms with E-state index in [0.717, 1.165) is 66.5 Å². The maximum absolute atomic E-state index is 11.2. The van der Waals surface area contributed by atoms with Crippen LogP contribution in [-0.4, -0.2) is 51.5 Å². The lowest BCUT2D eigenvalue weighted by molar-refractivity contribution is -0.0621. The molecule has 0 saturated carbocycles. The first-order chi connectivity index (χ1) is 16.4. The second kappa shape index (κ2) is 11.3. The van der Waals surface area contributed by atoms with Crippen molar-refractivity contribution in [2.75, 3.05) is 26.3 Å². The van der Waals surface area contributed by atoms with E-state index in [-0.39, 0.29) is 6.61 Å². The monoisotopic (exact) mass is 483 g/mol. The number of rotatable bonds is 10. The van der Waals surface area contributed by atoms with Crippen molar-refractivity contribution in [3.8, 4) is 11.5 Å². The van der Waals surface area contributed by atoms with E-state index >= 15 is 0 Å². The van der Waals surface area contributed by atoms with Crippen LogP contribution in [0.2, 0.25) is 5.02 Å². The summed E-state index contributed by atoms with van der Waals surface area (Å²) in [6.45, 7) is 8.06. The first kappa shape index (κ1) is 24.6. The number of piperidine rings is 1. The highest BCUT2D eigenvalue weighted by Gasteiger charge is 2.34. The second-order valence-electron chi connectivity index (χ2n) is 9.35. The van der Waals surface area contributed by atoms with E-state index in [1.54, 1.807) is 6.20 Å². The number of hydrogen-bond acceptors (Lipinski definition) is 5. The predicted molar refractivity (Wildman–Crippen MR) is 135 cm³/mol. The summed E-state index contributed by atoms with van der Waals surface area (Å²) in [6, 6.07) is 12.1. The summed E-state index contributed by atoms with van der Waals surface area (Å²) in [5.41, 5.74) is 2.28. The largest absolute Gasteiger partial charge is 0.494 e. The van der Waals surface area contributed by atoms with Gasteiger partial charge in [-0.15, -0.1) is 0 Å². The number of β-amino-alcohol motifs (C(OH)–C–C–N with tert-alkyl or cyclic N) is 1. The molecule has 3 aromatic rings. The van der Waals surface area contributed by atoms with Gasteiger partial charge in [-0.25, -0.2) is 4.98 Å². The molecule has 0 spiro atoms. The molecule has 1 N–H and O–H groups in total. The molecule has 0 amide bonds. The van der Waals surface area contributed by atoms with E-state index in [0.29, 0.717) is 13.2 Å². The van der Waals surface area contributed by atoms with Gasteiger partial charge in [0.2, 0.25) is 0 Å². The van der Waals surface area contributed by atoms with Crippen LogP contribution in [0, 0.1) is 13.8 Å². The van der Waals surface area contributed by atoms with Crippen LogP contribution in [0.5, 0.6) is 11.5 Å². The lowest BCUT2D eigenvalue weighted by atomic mass is 9.93. The van der Waals surface area contributed by atoms with Gasteiger partial charge in [0.05, 0.1) is 12.9 Å². The Kier molecular flexibility index (Phi) is 8.14. The van der Waals surface area contributed by atoms with Crippen LogP contribution in [0.15, 0.2) is 55.1 Å². The molecule has 0 aliphatic carbocycles. The molecule has 0 bridgehead atoms. The quantitative estimate of drug-likeness (QED) is 0.410. The average molecular weight is 484 g/mol. The third-order valence-corrected chi connectivity index (χ3v) is 6.84. The number of likely N-dealkylation sites (tertiary alicyclic amines) is 1. The number of nitrogens with zero attached hydrogens (tertiary/aromatic N) is 3. The van der Waals surface area contributed by atoms with Crippen LogP contribution in [0.3, 0.4) is 0 Å². The van der Waals surface area contributed by atoms with Gasteiger partial charge in [0.15, 0.2) is 0 Å². The van der Waals surface area contributed by atoms with Crippen molar-refractivity contribution in [1.82, 2.24) is 14.5 Å². The Morgan fingerprint density at radius 3 is 2.71 bits per heavy atom. The van der Waals surface area contributed by atoms with E-state index in [2.05, 4.69) is 26.6 Å². The Morgan fingerprint density at radius 1 is 1.12 bits per heavy atom. The molecule has 7 heteroatoms. The molecular weight excluding hydrogens is 450 g/mol. The number of aryl methyl sites for hydroxylation is 3. The van der Waals surface area contributed by atoms with Gasteiger partial charge in [-0.1, -0.05) is 23.7 Å². The molecule has 34 heavy (non-hydrogen) atoms. The van der Waals surface area contributed by atoms with Crippen molar-refractivity contribution in [2.45, 2.75) is 51.8 Å². The summed E-state index contributed by atoms with van der Waals surface area (Å²) in [6.07, 6.45) is 8.16. The minimum atomic E-state index is -0.874. The Morgan fingerprint density at radius 2 is 1.94 bits per heavy atom. The number of ether oxygens (including phenoxy) is 2. The SMILES string of the molecule is Cc1cc(OC[C@@]2(O)CCCN(Cc3cccc(OCCCn4ccnc4)c3)C2)cc(C)c1Cl. The zero-order valence-corrected chi connectivity index (χ0v) is 20.8. The third kappa shape index (κ3) is 6.75. The Bertz CT molecular complexity index is 1050. The minimum Gasteiger partial charge on any atom is -0.494 e. The fourth-order valence-electron chi connectivity index (χ4n) is 4.51. The lowest BCUT2D eigenvalue weighted by Crippen LogP contribution is -2.51. The highest BCUT2D eigenvalue weighted by molar-refractivity contribution is 6.32. The molecule has 1 fully saturated rings. The van der Waals surface area contributed by atoms with Crippen LogP contribution < -0.4 is 9.47 Å². The molecular formula is C27H34ClN3O3. The Labute approximate surface area is 207 Å². The van der Waals surface area contributed by atoms with Crippen molar-refractivity contribution in [3.63, 3.8) is 0 Å². The first-order valence-corrected chi connectivity index (χ1v) is 12.3. The van der Waals surface area contributed by atoms with E-state index in [4.69, 9.17) is 21.1 Å². The van der Waals surface area contributed by atoms with Gasteiger partial charge < -0.3 is 19.1 Å². The van der Waals surface area contributed by atoms with Gasteiger partial charge in [0.25, 0.3) is 0 Å². The van der Waals surface area contributed by atoms with Crippen LogP contribution in [0.25, 0.3) is 0 Å². The highest BCUT2D eigenvalue weighted by atomic mass is 35.5. The van der Waals surface area contributed by atoms with Crippen LogP contribution in [-0.2, 0) is 13.1 Å². The van der Waals surface area contributed by atoms with Crippen molar-refractivity contribution in [2.24, 2.45) is 0 Å². The maximum atomic E-state index is 11.2. The van der Waals surface area contributed by atoms with Crippen LogP contribution in [0.4, 0.5) is 0 Å². The standard InChI is InChI=1S/C27H34ClN3O3/c1-21-14-25(15-22(2)26(21)28)34-19-27(32)8-4-10-31(18-27)17-23-6-3-7-24(16-23)33-13-5-11-30-12-9-29-20-30/h3,6-7,9,12,14-16,20,32H,4-5,8,10-11,13,17-19H2,1-2H3/t27-/m1/s1. The molecule has 1 saturated heterocycles. The van der Waals surface area contributed by atoms with Gasteiger partial charge >= 0.3 is 0 Å². The summed E-state index contributed by atoms with van der Waals surface area (Å²) in [4.78, 5) is 6.36. The fourth-order valence-corrected chi connectivity index (χ4v) is 4.62. The van der Waals surface area contributed by atoms with Crippen LogP contribution >= 0.6 is 11.6 Å². The van der Waals surface area contributed by atoms with E-state index < -0.39 is 5.60 Å². The molecule has 6 nitrogen and oxygen atoms in total. The first-order valence-electron chi connectivity index (χ1n) is 11.9. The molecule has 0 unspecified atom stereocenters. The Hall–Kier alpha value is -2.54. The molecule has 1 aliphatic heterocycles. The third-order valence-electron chi connectivity index (χ3n) is 6.25. The Balaban J connectivity index is 1.28. The summed E-state index contributed by atoms with van der Waals surface area (Å²) >= 11 is 6.27. The van der Waals surface area contributed by atoms with Gasteiger partial charge in [0, 0.05) is 37.1 Å². The van der Waals surface area contributed by atoms with E-state index in [1.807, 2.05) is 50.6 Å². The topological polar surface area (TPSA) is 59.8 Å². The van der Waals surface area contributed by atoms with Gasteiger partial charge in [-0.2, -0.15) is 0 Å². The number of aliphatic hydroxyl groups is 1. The van der Waals surface area contributed by atoms with Crippen LogP contribution in [0.1, 0.15) is 36.0 Å². The molecule has 1 atom stereocenters. The lowest BCUT2D eigenvalue weighted by Gasteiger charge is -2.39. The van der Waals surface area contributed by atoms with Crippen molar-refractivity contribution in [1.29, 1.82) is 0 Å². The zero-order chi connectivity index (χ0) is 24.0. The zero-order valence-electron chi connectivity index (χ0n) is 20.0. The van der Waals surface area contributed by atoms with Gasteiger partial charge in [-0.3, -0.25) is 4.90 Å². The molecule has 1 aliphatic rings. The summed E-state index contributed by atoms with van der Waals surface area (Å²) in [5, 5.41) is 12.0. The fraction of sp³-hybridized carbons (Fsp3) is 0.444. The number of halogens is 1. The smallest absolute Gasteiger partial charge is 0.120 e. The molecule has 1 aromatic heterocycles. The van der Waals surface area contributed by atoms with Gasteiger partial charge in [0.1, 0.15) is 23.7 Å². The number of imidazole rings is 1. The van der Waals surface area contributed by atoms with Crippen molar-refractivity contribution < 1.29 is 14.6 Å². The second-order valence-corrected chi connectivity index (χ2v) is 9.73. The summed E-state index contributed by atoms with van der Waals surface area (Å²) in [7, 11) is 0. The minimum absolute atomic E-state index is 0.268.